The van der Waals surface area contributed by atoms with Gasteiger partial charge in [-0.3, -0.25) is 0 Å². The van der Waals surface area contributed by atoms with Crippen molar-refractivity contribution in [3.63, 3.8) is 0 Å². The summed E-state index contributed by atoms with van der Waals surface area (Å²) in [6.45, 7) is 4.58. The maximum absolute atomic E-state index is 10.2. The summed E-state index contributed by atoms with van der Waals surface area (Å²) in [5, 5.41) is 0. The van der Waals surface area contributed by atoms with Crippen LogP contribution in [-0.2, 0) is 4.79 Å². The Bertz CT molecular complexity index is 154. The van der Waals surface area contributed by atoms with Crippen LogP contribution in [0.4, 0.5) is 0 Å². The summed E-state index contributed by atoms with van der Waals surface area (Å²) in [6.07, 6.45) is 16.6. The monoisotopic (exact) mass is 240 g/mol. The molecule has 0 aliphatic heterocycles. The van der Waals surface area contributed by atoms with Crippen molar-refractivity contribution >= 4 is 6.29 Å². The average Bonchev–Trinajstić information content (AvgIpc) is 2.36. The van der Waals surface area contributed by atoms with E-state index in [1.54, 1.807) is 0 Å². The molecule has 1 unspecified atom stereocenters. The Balaban J connectivity index is 3.31. The fraction of sp³-hybridized carbons (Fsp3) is 0.938. The summed E-state index contributed by atoms with van der Waals surface area (Å²) >= 11 is 0. The van der Waals surface area contributed by atoms with Crippen LogP contribution < -0.4 is 0 Å². The van der Waals surface area contributed by atoms with Gasteiger partial charge in [-0.05, 0) is 12.3 Å². The number of hydrogen-bond acceptors (Lipinski definition) is 1. The molecule has 102 valence electrons. The van der Waals surface area contributed by atoms with E-state index >= 15 is 0 Å². The minimum Gasteiger partial charge on any atom is -0.303 e. The number of hydrogen-bond donors (Lipinski definition) is 0. The van der Waals surface area contributed by atoms with Gasteiger partial charge in [0.15, 0.2) is 0 Å². The Labute approximate surface area is 108 Å². The lowest BCUT2D eigenvalue weighted by Crippen LogP contribution is -1.99. The summed E-state index contributed by atoms with van der Waals surface area (Å²) in [5.41, 5.74) is 0. The van der Waals surface area contributed by atoms with Crippen LogP contribution in [0.1, 0.15) is 90.9 Å². The van der Waals surface area contributed by atoms with Crippen molar-refractivity contribution < 1.29 is 4.79 Å². The summed E-state index contributed by atoms with van der Waals surface area (Å²) < 4.78 is 0. The first-order valence-corrected chi connectivity index (χ1v) is 7.78. The van der Waals surface area contributed by atoms with E-state index in [1.807, 2.05) is 0 Å². The topological polar surface area (TPSA) is 17.1 Å². The first-order chi connectivity index (χ1) is 8.35. The summed E-state index contributed by atoms with van der Waals surface area (Å²) in [6, 6.07) is 0. The van der Waals surface area contributed by atoms with E-state index < -0.39 is 0 Å². The third kappa shape index (κ3) is 11.9. The molecule has 0 aromatic heterocycles. The largest absolute Gasteiger partial charge is 0.303 e. The van der Waals surface area contributed by atoms with Crippen molar-refractivity contribution in [2.24, 2.45) is 5.92 Å². The molecule has 0 heterocycles. The minimum atomic E-state index is 0.757. The Morgan fingerprint density at radius 2 is 1.41 bits per heavy atom. The van der Waals surface area contributed by atoms with Crippen molar-refractivity contribution in [3.05, 3.63) is 0 Å². The van der Waals surface area contributed by atoms with Gasteiger partial charge in [-0.15, -0.1) is 0 Å². The average molecular weight is 240 g/mol. The fourth-order valence-corrected chi connectivity index (χ4v) is 2.43. The molecule has 0 saturated heterocycles. The normalized spacial score (nSPS) is 12.6. The molecule has 0 aliphatic rings. The molecule has 0 aromatic carbocycles. The molecule has 0 N–H and O–H groups in total. The van der Waals surface area contributed by atoms with Gasteiger partial charge in [-0.2, -0.15) is 0 Å². The second-order valence-electron chi connectivity index (χ2n) is 5.28. The first kappa shape index (κ1) is 16.7. The molecule has 1 heteroatoms. The highest BCUT2D eigenvalue weighted by Gasteiger charge is 2.05. The van der Waals surface area contributed by atoms with Crippen molar-refractivity contribution in [2.45, 2.75) is 90.9 Å². The second kappa shape index (κ2) is 13.7. The summed E-state index contributed by atoms with van der Waals surface area (Å²) in [5.74, 6) is 0.910. The standard InChI is InChI=1S/C16H32O/c1-3-5-6-7-8-10-13-16(4-2)14-11-9-12-15-17/h15-16H,3-14H2,1-2H3. The van der Waals surface area contributed by atoms with Crippen molar-refractivity contribution in [1.82, 2.24) is 0 Å². The number of carbonyl (C=O) groups excluding carboxylic acids is 1. The van der Waals surface area contributed by atoms with E-state index in [0.29, 0.717) is 0 Å². The van der Waals surface area contributed by atoms with E-state index in [1.165, 1.54) is 64.2 Å². The highest BCUT2D eigenvalue weighted by molar-refractivity contribution is 5.48. The maximum atomic E-state index is 10.2. The van der Waals surface area contributed by atoms with Crippen LogP contribution in [0.25, 0.3) is 0 Å². The third-order valence-corrected chi connectivity index (χ3v) is 3.73. The maximum Gasteiger partial charge on any atom is 0.119 e. The van der Waals surface area contributed by atoms with Crippen LogP contribution in [0, 0.1) is 5.92 Å². The zero-order valence-corrected chi connectivity index (χ0v) is 12.0. The Morgan fingerprint density at radius 3 is 2.00 bits per heavy atom. The Hall–Kier alpha value is -0.330. The molecular formula is C16H32O. The lowest BCUT2D eigenvalue weighted by atomic mass is 9.92. The van der Waals surface area contributed by atoms with Crippen molar-refractivity contribution in [1.29, 1.82) is 0 Å². The van der Waals surface area contributed by atoms with Crippen LogP contribution in [0.15, 0.2) is 0 Å². The van der Waals surface area contributed by atoms with Gasteiger partial charge in [0.05, 0.1) is 0 Å². The molecule has 0 aliphatic carbocycles. The highest BCUT2D eigenvalue weighted by Crippen LogP contribution is 2.20. The molecule has 0 aromatic rings. The van der Waals surface area contributed by atoms with Crippen LogP contribution in [0.5, 0.6) is 0 Å². The first-order valence-electron chi connectivity index (χ1n) is 7.78. The SMILES string of the molecule is CCCCCCCCC(CC)CCCCC=O. The van der Waals surface area contributed by atoms with E-state index in [-0.39, 0.29) is 0 Å². The van der Waals surface area contributed by atoms with Crippen molar-refractivity contribution in [3.8, 4) is 0 Å². The molecule has 1 atom stereocenters. The lowest BCUT2D eigenvalue weighted by molar-refractivity contribution is -0.107. The van der Waals surface area contributed by atoms with Gasteiger partial charge < -0.3 is 4.79 Å². The van der Waals surface area contributed by atoms with Gasteiger partial charge in [0, 0.05) is 6.42 Å². The molecule has 0 bridgehead atoms. The molecule has 0 spiro atoms. The van der Waals surface area contributed by atoms with Gasteiger partial charge in [0.2, 0.25) is 0 Å². The predicted molar refractivity (Wildman–Crippen MR) is 76.3 cm³/mol. The van der Waals surface area contributed by atoms with Gasteiger partial charge in [-0.1, -0.05) is 78.1 Å². The Kier molecular flexibility index (Phi) is 13.5. The van der Waals surface area contributed by atoms with Crippen LogP contribution >= 0.6 is 0 Å². The number of carbonyl (C=O) groups is 1. The number of aldehydes is 1. The van der Waals surface area contributed by atoms with Crippen LogP contribution in [0.3, 0.4) is 0 Å². The molecule has 17 heavy (non-hydrogen) atoms. The zero-order valence-electron chi connectivity index (χ0n) is 12.0. The number of rotatable bonds is 13. The number of unbranched alkanes of at least 4 members (excludes halogenated alkanes) is 7. The molecule has 0 saturated carbocycles. The molecule has 0 rings (SSSR count). The highest BCUT2D eigenvalue weighted by atomic mass is 16.1. The smallest absolute Gasteiger partial charge is 0.119 e. The van der Waals surface area contributed by atoms with Gasteiger partial charge in [0.25, 0.3) is 0 Å². The van der Waals surface area contributed by atoms with Crippen LogP contribution in [-0.4, -0.2) is 6.29 Å². The van der Waals surface area contributed by atoms with E-state index in [4.69, 9.17) is 0 Å². The molecule has 0 radical (unpaired) electrons. The predicted octanol–water partition coefficient (Wildman–Crippen LogP) is 5.52. The zero-order chi connectivity index (χ0) is 12.8. The van der Waals surface area contributed by atoms with Gasteiger partial charge in [-0.25, -0.2) is 0 Å². The van der Waals surface area contributed by atoms with E-state index in [0.717, 1.165) is 25.0 Å². The molecule has 1 nitrogen and oxygen atoms in total. The summed E-state index contributed by atoms with van der Waals surface area (Å²) in [4.78, 5) is 10.2. The lowest BCUT2D eigenvalue weighted by Gasteiger charge is -2.14. The van der Waals surface area contributed by atoms with Gasteiger partial charge in [0.1, 0.15) is 6.29 Å². The fourth-order valence-electron chi connectivity index (χ4n) is 2.43. The second-order valence-corrected chi connectivity index (χ2v) is 5.28. The van der Waals surface area contributed by atoms with E-state index in [9.17, 15) is 4.79 Å². The molecule has 0 fully saturated rings. The quantitative estimate of drug-likeness (QED) is 0.306. The van der Waals surface area contributed by atoms with Gasteiger partial charge >= 0.3 is 0 Å². The molecule has 0 amide bonds. The van der Waals surface area contributed by atoms with E-state index in [2.05, 4.69) is 13.8 Å². The van der Waals surface area contributed by atoms with Crippen LogP contribution in [0.2, 0.25) is 0 Å². The Morgan fingerprint density at radius 1 is 0.824 bits per heavy atom. The molecular weight excluding hydrogens is 208 g/mol. The van der Waals surface area contributed by atoms with Crippen molar-refractivity contribution in [2.75, 3.05) is 0 Å². The third-order valence-electron chi connectivity index (χ3n) is 3.73. The minimum absolute atomic E-state index is 0.757. The summed E-state index contributed by atoms with van der Waals surface area (Å²) in [7, 11) is 0.